The lowest BCUT2D eigenvalue weighted by Gasteiger charge is -2.25. The summed E-state index contributed by atoms with van der Waals surface area (Å²) in [6, 6.07) is -1.08. The van der Waals surface area contributed by atoms with Gasteiger partial charge in [-0.25, -0.2) is 28.9 Å². The lowest BCUT2D eigenvalue weighted by atomic mass is 10.1. The van der Waals surface area contributed by atoms with Crippen molar-refractivity contribution in [2.75, 3.05) is 132 Å². The summed E-state index contributed by atoms with van der Waals surface area (Å²) >= 11 is 0. The molecule has 2 rings (SSSR count). The molecule has 0 aromatic carbocycles. The molecule has 350 valence electrons. The maximum atomic E-state index is 9.15. The number of hydrogen-bond donors (Lipinski definition) is 8. The highest BCUT2D eigenvalue weighted by Crippen LogP contribution is 2.15. The summed E-state index contributed by atoms with van der Waals surface area (Å²) < 4.78 is 48.8. The van der Waals surface area contributed by atoms with Gasteiger partial charge in [0.1, 0.15) is 62.9 Å². The molecule has 2 aromatic rings. The van der Waals surface area contributed by atoms with Gasteiger partial charge in [-0.2, -0.15) is 0 Å². The second-order valence-electron chi connectivity index (χ2n) is 13.1. The molecular weight excluding hydrogens is 812 g/mol. The third kappa shape index (κ3) is 24.2. The smallest absolute Gasteiger partial charge is 0.111 e. The molecule has 0 radical (unpaired) electrons. The maximum Gasteiger partial charge on any atom is 0.111 e. The van der Waals surface area contributed by atoms with Crippen LogP contribution < -0.4 is 0 Å². The van der Waals surface area contributed by atoms with Crippen LogP contribution in [0, 0.1) is 0 Å². The van der Waals surface area contributed by atoms with Crippen molar-refractivity contribution < 1.29 is 98.9 Å². The fourth-order valence-corrected chi connectivity index (χ4v) is 5.24. The van der Waals surface area contributed by atoms with Crippen LogP contribution in [0.5, 0.6) is 0 Å². The Morgan fingerprint density at radius 2 is 0.700 bits per heavy atom. The number of rotatable bonds is 43. The van der Waals surface area contributed by atoms with E-state index in [0.29, 0.717) is 37.1 Å². The average molecular weight is 877 g/mol. The summed E-state index contributed by atoms with van der Waals surface area (Å²) in [5, 5.41) is 89.2. The topological polar surface area (TPSA) is 334 Å². The van der Waals surface area contributed by atoms with E-state index in [2.05, 4.69) is 40.2 Å². The number of ether oxygens (including phenoxy) is 8. The van der Waals surface area contributed by atoms with Crippen LogP contribution in [0.4, 0.5) is 0 Å². The minimum absolute atomic E-state index is 0.0507. The van der Waals surface area contributed by atoms with Gasteiger partial charge in [0, 0.05) is 12.4 Å². The summed E-state index contributed by atoms with van der Waals surface area (Å²) in [4.78, 5) is 16.5. The Bertz CT molecular complexity index is 1180. The third-order valence-electron chi connectivity index (χ3n) is 8.28. The van der Waals surface area contributed by atoms with E-state index in [1.807, 2.05) is 0 Å². The van der Waals surface area contributed by atoms with Crippen molar-refractivity contribution in [1.82, 2.24) is 30.0 Å². The summed E-state index contributed by atoms with van der Waals surface area (Å²) in [7, 11) is 0. The zero-order chi connectivity index (χ0) is 43.5. The number of aliphatic hydroxyl groups is 4. The molecular formula is C34H64N6O20. The Balaban J connectivity index is 2.09. The number of aliphatic hydroxyl groups excluding tert-OH is 4. The Kier molecular flexibility index (Phi) is 32.2. The Labute approximate surface area is 346 Å². The van der Waals surface area contributed by atoms with Gasteiger partial charge in [0.05, 0.1) is 117 Å². The van der Waals surface area contributed by atoms with Crippen molar-refractivity contribution in [2.24, 2.45) is 0 Å². The minimum Gasteiger partial charge on any atom is -0.394 e. The van der Waals surface area contributed by atoms with Crippen LogP contribution in [0.25, 0.3) is 0 Å². The first-order valence-corrected chi connectivity index (χ1v) is 19.5. The van der Waals surface area contributed by atoms with Crippen LogP contribution in [0.1, 0.15) is 36.3 Å². The second-order valence-corrected chi connectivity index (χ2v) is 13.1. The predicted octanol–water partition coefficient (Wildman–Crippen LogP) is -1.95. The molecule has 0 saturated heterocycles. The molecule has 60 heavy (non-hydrogen) atoms. The fourth-order valence-electron chi connectivity index (χ4n) is 5.24. The lowest BCUT2D eigenvalue weighted by molar-refractivity contribution is -0.298. The van der Waals surface area contributed by atoms with E-state index in [-0.39, 0.29) is 132 Å². The summed E-state index contributed by atoms with van der Waals surface area (Å²) in [6.45, 7) is -0.743. The van der Waals surface area contributed by atoms with Crippen LogP contribution in [-0.4, -0.2) is 228 Å². The van der Waals surface area contributed by atoms with Crippen molar-refractivity contribution >= 4 is 0 Å². The number of hydrogen-bond acceptors (Lipinski definition) is 24. The predicted molar refractivity (Wildman–Crippen MR) is 200 cm³/mol. The fraction of sp³-hybridized carbons (Fsp3) is 0.882. The number of nitrogens with zero attached hydrogens (tertiary/aromatic N) is 6. The molecule has 0 unspecified atom stereocenters. The molecule has 2 aromatic heterocycles. The monoisotopic (exact) mass is 876 g/mol. The first-order valence-electron chi connectivity index (χ1n) is 19.5. The maximum absolute atomic E-state index is 9.15. The van der Waals surface area contributed by atoms with Gasteiger partial charge in [0.2, 0.25) is 0 Å². The van der Waals surface area contributed by atoms with Crippen LogP contribution in [0.2, 0.25) is 0 Å². The molecule has 0 atom stereocenters. The quantitative estimate of drug-likeness (QED) is 0.0204. The van der Waals surface area contributed by atoms with E-state index < -0.39 is 36.5 Å². The SMILES string of the molecule is OCCOCC(COCCO)OCC(COC(COCCO)COCCO)n1cc(CCCCc2cn(C(COC(COO)COO)COC(COO)COO)nn2)nn1. The Morgan fingerprint density at radius 1 is 0.417 bits per heavy atom. The van der Waals surface area contributed by atoms with Crippen LogP contribution in [0.15, 0.2) is 12.4 Å². The highest BCUT2D eigenvalue weighted by atomic mass is 17.1. The van der Waals surface area contributed by atoms with E-state index >= 15 is 0 Å². The molecule has 2 heterocycles. The van der Waals surface area contributed by atoms with Crippen molar-refractivity contribution in [1.29, 1.82) is 0 Å². The molecule has 0 aliphatic rings. The first-order chi connectivity index (χ1) is 29.4. The van der Waals surface area contributed by atoms with Crippen molar-refractivity contribution in [3.05, 3.63) is 23.8 Å². The van der Waals surface area contributed by atoms with Gasteiger partial charge in [0.15, 0.2) is 0 Å². The lowest BCUT2D eigenvalue weighted by Crippen LogP contribution is -2.34. The molecule has 26 heteroatoms. The summed E-state index contributed by atoms with van der Waals surface area (Å²) in [5.41, 5.74) is 1.38. The van der Waals surface area contributed by atoms with Crippen molar-refractivity contribution in [3.8, 4) is 0 Å². The summed E-state index contributed by atoms with van der Waals surface area (Å²) in [5.74, 6) is 0. The van der Waals surface area contributed by atoms with Crippen LogP contribution in [0.3, 0.4) is 0 Å². The number of unbranched alkanes of at least 4 members (excludes halogenated alkanes) is 1. The van der Waals surface area contributed by atoms with Gasteiger partial charge in [-0.05, 0) is 25.7 Å². The molecule has 0 amide bonds. The van der Waals surface area contributed by atoms with E-state index in [1.165, 1.54) is 4.68 Å². The molecule has 0 fully saturated rings. The highest BCUT2D eigenvalue weighted by Gasteiger charge is 2.23. The number of aromatic nitrogens is 6. The molecule has 0 aliphatic heterocycles. The molecule has 0 spiro atoms. The molecule has 0 saturated carbocycles. The summed E-state index contributed by atoms with van der Waals surface area (Å²) in [6.07, 6.45) is 3.32. The molecule has 0 bridgehead atoms. The average Bonchev–Trinajstić information content (AvgIpc) is 3.93. The van der Waals surface area contributed by atoms with E-state index in [1.54, 1.807) is 17.1 Å². The zero-order valence-electron chi connectivity index (χ0n) is 33.7. The zero-order valence-corrected chi connectivity index (χ0v) is 33.7. The standard InChI is InChI=1S/C34H64N6O20/c41-5-9-49-19-31(20-50-10-6-42)53-15-29(16-54-32(21-51-11-7-43)22-52-12-8-44)39-13-27(35-37-39)3-1-2-4-28-14-40(38-36-28)30(17-55-33(23-57-45)24-58-46)18-56-34(25-59-47)26-60-48/h13-14,29-34,41-48H,1-12,15-26H2. The van der Waals surface area contributed by atoms with Gasteiger partial charge in [0.25, 0.3) is 0 Å². The van der Waals surface area contributed by atoms with Gasteiger partial charge in [-0.15, -0.1) is 10.2 Å². The Morgan fingerprint density at radius 3 is 0.967 bits per heavy atom. The number of aryl methyl sites for hydroxylation is 2. The first kappa shape index (κ1) is 53.6. The van der Waals surface area contributed by atoms with Crippen LogP contribution in [-0.2, 0) is 70.3 Å². The van der Waals surface area contributed by atoms with Crippen molar-refractivity contribution in [2.45, 2.75) is 62.2 Å². The van der Waals surface area contributed by atoms with E-state index in [9.17, 15) is 0 Å². The minimum atomic E-state index is -0.840. The van der Waals surface area contributed by atoms with Gasteiger partial charge < -0.3 is 58.3 Å². The van der Waals surface area contributed by atoms with Crippen LogP contribution >= 0.6 is 0 Å². The second kappa shape index (κ2) is 36.0. The molecule has 26 nitrogen and oxygen atoms in total. The van der Waals surface area contributed by atoms with Gasteiger partial charge >= 0.3 is 0 Å². The largest absolute Gasteiger partial charge is 0.394 e. The highest BCUT2D eigenvalue weighted by molar-refractivity contribution is 4.96. The molecule has 0 aliphatic carbocycles. The van der Waals surface area contributed by atoms with Gasteiger partial charge in [-0.3, -0.25) is 21.0 Å². The Hall–Kier alpha value is -2.52. The van der Waals surface area contributed by atoms with Gasteiger partial charge in [-0.1, -0.05) is 10.4 Å². The van der Waals surface area contributed by atoms with E-state index in [0.717, 1.165) is 0 Å². The normalized spacial score (nSPS) is 12.3. The molecule has 8 N–H and O–H groups in total. The van der Waals surface area contributed by atoms with E-state index in [4.69, 9.17) is 79.3 Å². The van der Waals surface area contributed by atoms with Crippen molar-refractivity contribution in [3.63, 3.8) is 0 Å². The third-order valence-corrected chi connectivity index (χ3v) is 8.28.